The van der Waals surface area contributed by atoms with Crippen LogP contribution in [0.15, 0.2) is 22.7 Å². The summed E-state index contributed by atoms with van der Waals surface area (Å²) in [5, 5.41) is 21.2. The smallest absolute Gasteiger partial charge is 0.100 e. The monoisotopic (exact) mass is 284 g/mol. The maximum absolute atomic E-state index is 9.43. The van der Waals surface area contributed by atoms with E-state index >= 15 is 0 Å². The molecule has 0 aliphatic carbocycles. The standard InChI is InChI=1S/C11H13BrN2O2/c1-16-7-10(15)6-14-9-3-2-8(5-13)11(12)4-9/h2-4,10,14-15H,6-7H2,1H3. The van der Waals surface area contributed by atoms with Gasteiger partial charge in [-0.15, -0.1) is 0 Å². The van der Waals surface area contributed by atoms with Crippen LogP contribution in [0.4, 0.5) is 5.69 Å². The molecule has 1 aromatic rings. The molecule has 4 nitrogen and oxygen atoms in total. The predicted molar refractivity (Wildman–Crippen MR) is 65.2 cm³/mol. The molecule has 0 bridgehead atoms. The first-order valence-electron chi connectivity index (χ1n) is 4.78. The van der Waals surface area contributed by atoms with E-state index in [1.807, 2.05) is 0 Å². The van der Waals surface area contributed by atoms with Crippen LogP contribution in [0.25, 0.3) is 0 Å². The van der Waals surface area contributed by atoms with Crippen molar-refractivity contribution in [3.63, 3.8) is 0 Å². The highest BCUT2D eigenvalue weighted by Crippen LogP contribution is 2.20. The van der Waals surface area contributed by atoms with Gasteiger partial charge >= 0.3 is 0 Å². The highest BCUT2D eigenvalue weighted by Gasteiger charge is 2.04. The normalized spacial score (nSPS) is 11.9. The second-order valence-corrected chi connectivity index (χ2v) is 4.15. The van der Waals surface area contributed by atoms with Gasteiger partial charge in [-0.25, -0.2) is 0 Å². The van der Waals surface area contributed by atoms with Crippen molar-refractivity contribution in [2.24, 2.45) is 0 Å². The van der Waals surface area contributed by atoms with Gasteiger partial charge in [0.15, 0.2) is 0 Å². The first kappa shape index (κ1) is 13.0. The zero-order valence-corrected chi connectivity index (χ0v) is 10.5. The third-order valence-electron chi connectivity index (χ3n) is 1.99. The molecule has 2 N–H and O–H groups in total. The van der Waals surface area contributed by atoms with Crippen molar-refractivity contribution in [2.75, 3.05) is 25.6 Å². The summed E-state index contributed by atoms with van der Waals surface area (Å²) < 4.78 is 5.55. The summed E-state index contributed by atoms with van der Waals surface area (Å²) in [4.78, 5) is 0. The SMILES string of the molecule is COCC(O)CNc1ccc(C#N)c(Br)c1. The average molecular weight is 285 g/mol. The minimum absolute atomic E-state index is 0.296. The Morgan fingerprint density at radius 1 is 1.62 bits per heavy atom. The number of halogens is 1. The molecule has 16 heavy (non-hydrogen) atoms. The molecule has 1 atom stereocenters. The summed E-state index contributed by atoms with van der Waals surface area (Å²) in [6.07, 6.45) is -0.542. The van der Waals surface area contributed by atoms with E-state index in [4.69, 9.17) is 10.00 Å². The molecule has 0 aliphatic heterocycles. The zero-order chi connectivity index (χ0) is 12.0. The molecule has 1 rings (SSSR count). The van der Waals surface area contributed by atoms with E-state index in [2.05, 4.69) is 27.3 Å². The van der Waals surface area contributed by atoms with Gasteiger partial charge in [-0.2, -0.15) is 5.26 Å². The van der Waals surface area contributed by atoms with Crippen LogP contribution in [0.3, 0.4) is 0 Å². The molecular formula is C11H13BrN2O2. The first-order valence-corrected chi connectivity index (χ1v) is 5.57. The fourth-order valence-electron chi connectivity index (χ4n) is 1.20. The van der Waals surface area contributed by atoms with Gasteiger partial charge in [-0.05, 0) is 34.1 Å². The third-order valence-corrected chi connectivity index (χ3v) is 2.65. The van der Waals surface area contributed by atoms with Crippen molar-refractivity contribution in [2.45, 2.75) is 6.10 Å². The van der Waals surface area contributed by atoms with Crippen LogP contribution in [0.5, 0.6) is 0 Å². The molecule has 1 aromatic carbocycles. The van der Waals surface area contributed by atoms with Crippen molar-refractivity contribution in [3.8, 4) is 6.07 Å². The van der Waals surface area contributed by atoms with Crippen LogP contribution in [-0.2, 0) is 4.74 Å². The summed E-state index contributed by atoms with van der Waals surface area (Å²) in [5.41, 5.74) is 1.43. The molecule has 0 saturated carbocycles. The number of methoxy groups -OCH3 is 1. The van der Waals surface area contributed by atoms with Crippen molar-refractivity contribution in [1.82, 2.24) is 0 Å². The van der Waals surface area contributed by atoms with Crippen molar-refractivity contribution in [3.05, 3.63) is 28.2 Å². The van der Waals surface area contributed by atoms with Crippen LogP contribution in [0.1, 0.15) is 5.56 Å². The van der Waals surface area contributed by atoms with Crippen LogP contribution in [-0.4, -0.2) is 31.5 Å². The van der Waals surface area contributed by atoms with Crippen molar-refractivity contribution in [1.29, 1.82) is 5.26 Å². The number of anilines is 1. The molecule has 0 saturated heterocycles. The summed E-state index contributed by atoms with van der Waals surface area (Å²) >= 11 is 3.30. The minimum Gasteiger partial charge on any atom is -0.389 e. The molecule has 0 heterocycles. The van der Waals surface area contributed by atoms with Crippen LogP contribution in [0, 0.1) is 11.3 Å². The number of hydrogen-bond acceptors (Lipinski definition) is 4. The Kier molecular flexibility index (Phi) is 5.26. The molecule has 1 unspecified atom stereocenters. The number of ether oxygens (including phenoxy) is 1. The minimum atomic E-state index is -0.542. The fourth-order valence-corrected chi connectivity index (χ4v) is 1.67. The van der Waals surface area contributed by atoms with Gasteiger partial charge in [0.05, 0.1) is 18.3 Å². The van der Waals surface area contributed by atoms with E-state index in [0.29, 0.717) is 18.7 Å². The number of hydrogen-bond donors (Lipinski definition) is 2. The number of nitriles is 1. The Hall–Kier alpha value is -1.09. The molecule has 86 valence electrons. The molecule has 0 amide bonds. The summed E-state index contributed by atoms with van der Waals surface area (Å²) in [6, 6.07) is 7.38. The number of rotatable bonds is 5. The maximum Gasteiger partial charge on any atom is 0.100 e. The van der Waals surface area contributed by atoms with Gasteiger partial charge < -0.3 is 15.2 Å². The quantitative estimate of drug-likeness (QED) is 0.865. The van der Waals surface area contributed by atoms with E-state index in [9.17, 15) is 5.11 Å². The molecule has 0 radical (unpaired) electrons. The lowest BCUT2D eigenvalue weighted by Crippen LogP contribution is -2.24. The highest BCUT2D eigenvalue weighted by atomic mass is 79.9. The number of aliphatic hydroxyl groups is 1. The Morgan fingerprint density at radius 2 is 2.38 bits per heavy atom. The number of nitrogens with zero attached hydrogens (tertiary/aromatic N) is 1. The Bertz CT molecular complexity index is 390. The summed E-state index contributed by atoms with van der Waals surface area (Å²) in [5.74, 6) is 0. The molecule has 0 aromatic heterocycles. The van der Waals surface area contributed by atoms with E-state index in [1.165, 1.54) is 0 Å². The largest absolute Gasteiger partial charge is 0.389 e. The first-order chi connectivity index (χ1) is 7.67. The van der Waals surface area contributed by atoms with E-state index < -0.39 is 6.10 Å². The molecule has 5 heteroatoms. The Morgan fingerprint density at radius 3 is 2.94 bits per heavy atom. The van der Waals surface area contributed by atoms with Gasteiger partial charge in [-0.1, -0.05) is 0 Å². The predicted octanol–water partition coefficient (Wildman–Crippen LogP) is 1.74. The van der Waals surface area contributed by atoms with Gasteiger partial charge in [0, 0.05) is 23.8 Å². The van der Waals surface area contributed by atoms with Gasteiger partial charge in [0.1, 0.15) is 6.07 Å². The van der Waals surface area contributed by atoms with Crippen LogP contribution >= 0.6 is 15.9 Å². The summed E-state index contributed by atoms with van der Waals surface area (Å²) in [7, 11) is 1.54. The number of nitrogens with one attached hydrogen (secondary N) is 1. The number of aliphatic hydroxyl groups excluding tert-OH is 1. The third kappa shape index (κ3) is 3.81. The second-order valence-electron chi connectivity index (χ2n) is 3.30. The lowest BCUT2D eigenvalue weighted by molar-refractivity contribution is 0.0727. The zero-order valence-electron chi connectivity index (χ0n) is 8.90. The van der Waals surface area contributed by atoms with Crippen LogP contribution < -0.4 is 5.32 Å². The second kappa shape index (κ2) is 6.48. The van der Waals surface area contributed by atoms with Crippen LogP contribution in [0.2, 0.25) is 0 Å². The molecule has 0 spiro atoms. The average Bonchev–Trinajstić information content (AvgIpc) is 2.27. The highest BCUT2D eigenvalue weighted by molar-refractivity contribution is 9.10. The Balaban J connectivity index is 2.56. The van der Waals surface area contributed by atoms with Crippen molar-refractivity contribution >= 4 is 21.6 Å². The van der Waals surface area contributed by atoms with E-state index in [0.717, 1.165) is 10.2 Å². The van der Waals surface area contributed by atoms with Gasteiger partial charge in [0.2, 0.25) is 0 Å². The summed E-state index contributed by atoms with van der Waals surface area (Å²) in [6.45, 7) is 0.705. The lowest BCUT2D eigenvalue weighted by Gasteiger charge is -2.12. The number of benzene rings is 1. The fraction of sp³-hybridized carbons (Fsp3) is 0.364. The molecule has 0 fully saturated rings. The van der Waals surface area contributed by atoms with Crippen molar-refractivity contribution < 1.29 is 9.84 Å². The van der Waals surface area contributed by atoms with E-state index in [1.54, 1.807) is 25.3 Å². The van der Waals surface area contributed by atoms with Gasteiger partial charge in [-0.3, -0.25) is 0 Å². The lowest BCUT2D eigenvalue weighted by atomic mass is 10.2. The molecular weight excluding hydrogens is 272 g/mol. The van der Waals surface area contributed by atoms with Gasteiger partial charge in [0.25, 0.3) is 0 Å². The molecule has 0 aliphatic rings. The topological polar surface area (TPSA) is 65.3 Å². The Labute approximate surface area is 103 Å². The maximum atomic E-state index is 9.43. The van der Waals surface area contributed by atoms with E-state index in [-0.39, 0.29) is 0 Å².